The highest BCUT2D eigenvalue weighted by atomic mass is 16.5. The SMILES string of the molecule is CCCC(OC)n1ncc2cc(-c3cnc4cc(OC)c(C5CC5)nn34)nc(NC)c21. The van der Waals surface area contributed by atoms with Gasteiger partial charge in [-0.05, 0) is 25.3 Å². The van der Waals surface area contributed by atoms with Gasteiger partial charge in [-0.2, -0.15) is 10.2 Å². The van der Waals surface area contributed by atoms with Crippen LogP contribution in [0.25, 0.3) is 27.9 Å². The molecule has 1 saturated carbocycles. The average Bonchev–Trinajstić information content (AvgIpc) is 3.43. The lowest BCUT2D eigenvalue weighted by atomic mass is 10.2. The zero-order chi connectivity index (χ0) is 21.5. The predicted octanol–water partition coefficient (Wildman–Crippen LogP) is 4.01. The fraction of sp³-hybridized carbons (Fsp3) is 0.455. The first-order valence-electron chi connectivity index (χ1n) is 10.7. The lowest BCUT2D eigenvalue weighted by Crippen LogP contribution is -2.13. The Kier molecular flexibility index (Phi) is 4.97. The summed E-state index contributed by atoms with van der Waals surface area (Å²) >= 11 is 0. The van der Waals surface area contributed by atoms with Gasteiger partial charge in [-0.3, -0.25) is 0 Å². The molecule has 0 aromatic carbocycles. The van der Waals surface area contributed by atoms with Crippen molar-refractivity contribution in [3.8, 4) is 17.1 Å². The number of fused-ring (bicyclic) bond motifs is 2. The summed E-state index contributed by atoms with van der Waals surface area (Å²) in [7, 11) is 5.26. The van der Waals surface area contributed by atoms with Gasteiger partial charge in [0.25, 0.3) is 0 Å². The summed E-state index contributed by atoms with van der Waals surface area (Å²) < 4.78 is 15.0. The number of pyridine rings is 1. The number of hydrogen-bond donors (Lipinski definition) is 1. The van der Waals surface area contributed by atoms with Crippen LogP contribution in [0.15, 0.2) is 24.5 Å². The van der Waals surface area contributed by atoms with Gasteiger partial charge in [0.1, 0.15) is 22.7 Å². The smallest absolute Gasteiger partial charge is 0.157 e. The van der Waals surface area contributed by atoms with E-state index in [1.54, 1.807) is 14.2 Å². The molecule has 0 amide bonds. The van der Waals surface area contributed by atoms with Crippen LogP contribution in [0.5, 0.6) is 5.75 Å². The number of aromatic nitrogens is 6. The molecular weight excluding hydrogens is 394 g/mol. The standard InChI is InChI=1S/C22H27N7O2/c1-5-6-19(31-4)29-21-14(11-25-29)9-15(26-22(21)23-2)16-12-24-18-10-17(30-3)20(13-7-8-13)27-28(16)18/h9-13,19H,5-8H2,1-4H3,(H,23,26). The molecule has 162 valence electrons. The van der Waals surface area contributed by atoms with Crippen molar-refractivity contribution in [2.24, 2.45) is 0 Å². The molecule has 9 heteroatoms. The highest BCUT2D eigenvalue weighted by Crippen LogP contribution is 2.43. The van der Waals surface area contributed by atoms with Crippen LogP contribution >= 0.6 is 0 Å². The van der Waals surface area contributed by atoms with Gasteiger partial charge in [-0.25, -0.2) is 19.2 Å². The molecule has 4 heterocycles. The molecule has 4 aromatic heterocycles. The van der Waals surface area contributed by atoms with Crippen molar-refractivity contribution in [3.63, 3.8) is 0 Å². The minimum Gasteiger partial charge on any atom is -0.495 e. The summed E-state index contributed by atoms with van der Waals surface area (Å²) in [6.07, 6.45) is 7.70. The zero-order valence-corrected chi connectivity index (χ0v) is 18.3. The Bertz CT molecular complexity index is 1240. The lowest BCUT2D eigenvalue weighted by molar-refractivity contribution is 0.0301. The fourth-order valence-electron chi connectivity index (χ4n) is 4.08. The largest absolute Gasteiger partial charge is 0.495 e. The number of methoxy groups -OCH3 is 2. The second kappa shape index (κ2) is 7.81. The van der Waals surface area contributed by atoms with E-state index in [9.17, 15) is 0 Å². The van der Waals surface area contributed by atoms with Crippen molar-refractivity contribution >= 4 is 22.4 Å². The molecule has 0 saturated heterocycles. The normalized spacial score (nSPS) is 15.0. The van der Waals surface area contributed by atoms with Gasteiger partial charge < -0.3 is 14.8 Å². The molecule has 1 atom stereocenters. The monoisotopic (exact) mass is 421 g/mol. The Morgan fingerprint density at radius 3 is 2.74 bits per heavy atom. The number of nitrogens with zero attached hydrogens (tertiary/aromatic N) is 6. The van der Waals surface area contributed by atoms with E-state index in [4.69, 9.17) is 19.6 Å². The van der Waals surface area contributed by atoms with Gasteiger partial charge in [0.05, 0.1) is 25.2 Å². The van der Waals surface area contributed by atoms with E-state index in [0.717, 1.165) is 70.9 Å². The third-order valence-corrected chi connectivity index (χ3v) is 5.82. The van der Waals surface area contributed by atoms with Gasteiger partial charge in [0, 0.05) is 31.5 Å². The highest BCUT2D eigenvalue weighted by molar-refractivity contribution is 5.91. The van der Waals surface area contributed by atoms with E-state index in [0.29, 0.717) is 5.92 Å². The maximum absolute atomic E-state index is 5.68. The Hall–Kier alpha value is -3.20. The van der Waals surface area contributed by atoms with Crippen LogP contribution in [-0.4, -0.2) is 50.6 Å². The number of anilines is 1. The van der Waals surface area contributed by atoms with Crippen molar-refractivity contribution in [1.29, 1.82) is 0 Å². The second-order valence-corrected chi connectivity index (χ2v) is 7.90. The topological polar surface area (TPSA) is 91.4 Å². The lowest BCUT2D eigenvalue weighted by Gasteiger charge is -2.17. The third kappa shape index (κ3) is 3.29. The van der Waals surface area contributed by atoms with Crippen LogP contribution in [0.3, 0.4) is 0 Å². The first-order chi connectivity index (χ1) is 15.2. The summed E-state index contributed by atoms with van der Waals surface area (Å²) in [6, 6.07) is 3.98. The van der Waals surface area contributed by atoms with Gasteiger partial charge in [-0.1, -0.05) is 13.3 Å². The number of rotatable bonds is 8. The molecule has 0 aliphatic heterocycles. The zero-order valence-electron chi connectivity index (χ0n) is 18.3. The molecule has 0 radical (unpaired) electrons. The summed E-state index contributed by atoms with van der Waals surface area (Å²) in [5.74, 6) is 2.00. The minimum absolute atomic E-state index is 0.131. The molecule has 0 bridgehead atoms. The van der Waals surface area contributed by atoms with Crippen LogP contribution < -0.4 is 10.1 Å². The van der Waals surface area contributed by atoms with Crippen LogP contribution in [0.2, 0.25) is 0 Å². The average molecular weight is 422 g/mol. The van der Waals surface area contributed by atoms with Crippen LogP contribution in [-0.2, 0) is 4.74 Å². The Morgan fingerprint density at radius 2 is 2.06 bits per heavy atom. The maximum atomic E-state index is 5.68. The fourth-order valence-corrected chi connectivity index (χ4v) is 4.08. The summed E-state index contributed by atoms with van der Waals surface area (Å²) in [5, 5.41) is 13.7. The molecule has 1 N–H and O–H groups in total. The van der Waals surface area contributed by atoms with Crippen molar-refractivity contribution in [2.45, 2.75) is 44.8 Å². The van der Waals surface area contributed by atoms with Gasteiger partial charge in [-0.15, -0.1) is 0 Å². The Balaban J connectivity index is 1.65. The molecule has 4 aromatic rings. The van der Waals surface area contributed by atoms with Crippen molar-refractivity contribution in [1.82, 2.24) is 29.4 Å². The minimum atomic E-state index is -0.131. The second-order valence-electron chi connectivity index (χ2n) is 7.90. The molecule has 1 fully saturated rings. The van der Waals surface area contributed by atoms with E-state index in [2.05, 4.69) is 22.3 Å². The van der Waals surface area contributed by atoms with Crippen LogP contribution in [0.1, 0.15) is 50.4 Å². The van der Waals surface area contributed by atoms with E-state index < -0.39 is 0 Å². The Labute approximate surface area is 180 Å². The van der Waals surface area contributed by atoms with E-state index in [-0.39, 0.29) is 6.23 Å². The van der Waals surface area contributed by atoms with Crippen LogP contribution in [0.4, 0.5) is 5.82 Å². The van der Waals surface area contributed by atoms with Crippen LogP contribution in [0, 0.1) is 0 Å². The number of nitrogens with one attached hydrogen (secondary N) is 1. The van der Waals surface area contributed by atoms with Gasteiger partial charge >= 0.3 is 0 Å². The van der Waals surface area contributed by atoms with E-state index in [1.807, 2.05) is 40.8 Å². The molecule has 1 aliphatic rings. The first-order valence-corrected chi connectivity index (χ1v) is 10.7. The Morgan fingerprint density at radius 1 is 1.23 bits per heavy atom. The van der Waals surface area contributed by atoms with Gasteiger partial charge in [0.2, 0.25) is 0 Å². The molecule has 31 heavy (non-hydrogen) atoms. The molecular formula is C22H27N7O2. The molecule has 0 spiro atoms. The summed E-state index contributed by atoms with van der Waals surface area (Å²) in [5.41, 5.74) is 4.27. The number of ether oxygens (including phenoxy) is 2. The quantitative estimate of drug-likeness (QED) is 0.459. The number of imidazole rings is 1. The predicted molar refractivity (Wildman–Crippen MR) is 119 cm³/mol. The molecule has 5 rings (SSSR count). The van der Waals surface area contributed by atoms with E-state index >= 15 is 0 Å². The van der Waals surface area contributed by atoms with Crippen molar-refractivity contribution in [2.75, 3.05) is 26.6 Å². The summed E-state index contributed by atoms with van der Waals surface area (Å²) in [6.45, 7) is 2.13. The maximum Gasteiger partial charge on any atom is 0.157 e. The first kappa shape index (κ1) is 19.7. The van der Waals surface area contributed by atoms with Gasteiger partial charge in [0.15, 0.2) is 17.7 Å². The third-order valence-electron chi connectivity index (χ3n) is 5.82. The molecule has 1 aliphatic carbocycles. The molecule has 1 unspecified atom stereocenters. The van der Waals surface area contributed by atoms with Crippen molar-refractivity contribution < 1.29 is 9.47 Å². The van der Waals surface area contributed by atoms with E-state index in [1.165, 1.54) is 0 Å². The summed E-state index contributed by atoms with van der Waals surface area (Å²) in [4.78, 5) is 9.45. The van der Waals surface area contributed by atoms with Crippen molar-refractivity contribution in [3.05, 3.63) is 30.2 Å². The number of hydrogen-bond acceptors (Lipinski definition) is 7. The highest BCUT2D eigenvalue weighted by Gasteiger charge is 2.30. The molecule has 9 nitrogen and oxygen atoms in total.